The number of anilines is 1. The topological polar surface area (TPSA) is 29.5 Å². The van der Waals surface area contributed by atoms with Crippen LogP contribution in [0.25, 0.3) is 6.08 Å². The van der Waals surface area contributed by atoms with E-state index in [1.54, 1.807) is 0 Å². The van der Waals surface area contributed by atoms with Gasteiger partial charge in [0.15, 0.2) is 0 Å². The summed E-state index contributed by atoms with van der Waals surface area (Å²) in [7, 11) is 1.45. The third kappa shape index (κ3) is 2.49. The van der Waals surface area contributed by atoms with Gasteiger partial charge in [0.05, 0.1) is 7.11 Å². The molecule has 106 valence electrons. The van der Waals surface area contributed by atoms with Gasteiger partial charge in [-0.15, -0.1) is 0 Å². The third-order valence-electron chi connectivity index (χ3n) is 4.20. The van der Waals surface area contributed by atoms with Crippen LogP contribution in [-0.4, -0.2) is 25.7 Å². The molecule has 0 spiro atoms. The molecule has 2 aliphatic rings. The van der Waals surface area contributed by atoms with Crippen molar-refractivity contribution in [1.82, 2.24) is 0 Å². The molecule has 1 fully saturated rings. The lowest BCUT2D eigenvalue weighted by atomic mass is 9.97. The van der Waals surface area contributed by atoms with Crippen molar-refractivity contribution in [3.8, 4) is 0 Å². The van der Waals surface area contributed by atoms with E-state index >= 15 is 0 Å². The summed E-state index contributed by atoms with van der Waals surface area (Å²) in [5, 5.41) is 0. The van der Waals surface area contributed by atoms with Crippen LogP contribution in [0.4, 0.5) is 5.69 Å². The zero-order valence-corrected chi connectivity index (χ0v) is 13.1. The van der Waals surface area contributed by atoms with Crippen LogP contribution in [-0.2, 0) is 9.53 Å². The quantitative estimate of drug-likeness (QED) is 0.731. The van der Waals surface area contributed by atoms with E-state index in [4.69, 9.17) is 4.74 Å². The van der Waals surface area contributed by atoms with Crippen molar-refractivity contribution in [3.05, 3.63) is 33.8 Å². The molecule has 20 heavy (non-hydrogen) atoms. The lowest BCUT2D eigenvalue weighted by Gasteiger charge is -2.30. The Morgan fingerprint density at radius 2 is 2.25 bits per heavy atom. The Kier molecular flexibility index (Phi) is 3.83. The molecule has 2 heterocycles. The molecule has 0 bridgehead atoms. The number of carbonyl (C=O) groups is 1. The van der Waals surface area contributed by atoms with Crippen LogP contribution in [0.1, 0.15) is 31.2 Å². The van der Waals surface area contributed by atoms with Crippen molar-refractivity contribution >= 4 is 33.7 Å². The van der Waals surface area contributed by atoms with Gasteiger partial charge in [0.2, 0.25) is 0 Å². The summed E-state index contributed by atoms with van der Waals surface area (Å²) >= 11 is 3.52. The molecule has 3 nitrogen and oxygen atoms in total. The number of rotatable bonds is 1. The normalized spacial score (nSPS) is 24.0. The SMILES string of the molecule is COC(=O)/C1=C/c2cc(Br)ccc2N2CCCC2CC1. The smallest absolute Gasteiger partial charge is 0.333 e. The Morgan fingerprint density at radius 3 is 3.05 bits per heavy atom. The first-order chi connectivity index (χ1) is 9.69. The fourth-order valence-electron chi connectivity index (χ4n) is 3.23. The Labute approximate surface area is 127 Å². The molecule has 1 atom stereocenters. The van der Waals surface area contributed by atoms with Gasteiger partial charge in [-0.1, -0.05) is 15.9 Å². The van der Waals surface area contributed by atoms with Crippen molar-refractivity contribution in [2.45, 2.75) is 31.7 Å². The minimum Gasteiger partial charge on any atom is -0.466 e. The summed E-state index contributed by atoms with van der Waals surface area (Å²) in [5.41, 5.74) is 3.11. The van der Waals surface area contributed by atoms with Crippen LogP contribution < -0.4 is 4.90 Å². The van der Waals surface area contributed by atoms with Gasteiger partial charge in [0.1, 0.15) is 0 Å². The van der Waals surface area contributed by atoms with Gasteiger partial charge in [-0.25, -0.2) is 4.79 Å². The van der Waals surface area contributed by atoms with Crippen molar-refractivity contribution in [1.29, 1.82) is 0 Å². The third-order valence-corrected chi connectivity index (χ3v) is 4.69. The minimum atomic E-state index is -0.206. The van der Waals surface area contributed by atoms with Crippen LogP contribution in [0.2, 0.25) is 0 Å². The maximum absolute atomic E-state index is 11.9. The molecule has 1 aromatic carbocycles. The van der Waals surface area contributed by atoms with Crippen LogP contribution in [0.3, 0.4) is 0 Å². The number of fused-ring (bicyclic) bond motifs is 3. The highest BCUT2D eigenvalue weighted by atomic mass is 79.9. The molecule has 0 amide bonds. The largest absolute Gasteiger partial charge is 0.466 e. The highest BCUT2D eigenvalue weighted by Crippen LogP contribution is 2.36. The summed E-state index contributed by atoms with van der Waals surface area (Å²) < 4.78 is 5.95. The summed E-state index contributed by atoms with van der Waals surface area (Å²) in [4.78, 5) is 14.4. The van der Waals surface area contributed by atoms with Gasteiger partial charge < -0.3 is 9.64 Å². The van der Waals surface area contributed by atoms with Crippen molar-refractivity contribution in [2.24, 2.45) is 0 Å². The van der Waals surface area contributed by atoms with Crippen molar-refractivity contribution in [3.63, 3.8) is 0 Å². The van der Waals surface area contributed by atoms with Crippen LogP contribution in [0.5, 0.6) is 0 Å². The molecule has 2 aliphatic heterocycles. The van der Waals surface area contributed by atoms with Gasteiger partial charge in [0, 0.05) is 28.3 Å². The first-order valence-corrected chi connectivity index (χ1v) is 7.83. The molecule has 0 radical (unpaired) electrons. The number of halogens is 1. The average Bonchev–Trinajstić information content (AvgIpc) is 2.88. The summed E-state index contributed by atoms with van der Waals surface area (Å²) in [6.45, 7) is 1.11. The molecule has 0 aliphatic carbocycles. The second-order valence-electron chi connectivity index (χ2n) is 5.39. The van der Waals surface area contributed by atoms with Crippen molar-refractivity contribution < 1.29 is 9.53 Å². The average molecular weight is 336 g/mol. The number of methoxy groups -OCH3 is 1. The number of carbonyl (C=O) groups excluding carboxylic acids is 1. The van der Waals surface area contributed by atoms with E-state index in [2.05, 4.69) is 39.0 Å². The van der Waals surface area contributed by atoms with E-state index in [0.29, 0.717) is 6.04 Å². The second-order valence-corrected chi connectivity index (χ2v) is 6.31. The zero-order valence-electron chi connectivity index (χ0n) is 11.6. The maximum atomic E-state index is 11.9. The van der Waals surface area contributed by atoms with Gasteiger partial charge >= 0.3 is 5.97 Å². The van der Waals surface area contributed by atoms with E-state index < -0.39 is 0 Å². The number of hydrogen-bond acceptors (Lipinski definition) is 3. The predicted molar refractivity (Wildman–Crippen MR) is 83.7 cm³/mol. The first-order valence-electron chi connectivity index (χ1n) is 7.04. The number of hydrogen-bond donors (Lipinski definition) is 0. The Balaban J connectivity index is 2.09. The highest BCUT2D eigenvalue weighted by molar-refractivity contribution is 9.10. The molecule has 0 aromatic heterocycles. The van der Waals surface area contributed by atoms with Gasteiger partial charge in [0.25, 0.3) is 0 Å². The lowest BCUT2D eigenvalue weighted by molar-refractivity contribution is -0.136. The van der Waals surface area contributed by atoms with Crippen LogP contribution in [0, 0.1) is 0 Å². The first kappa shape index (κ1) is 13.7. The maximum Gasteiger partial charge on any atom is 0.333 e. The van der Waals surface area contributed by atoms with E-state index in [0.717, 1.165) is 35.0 Å². The molecule has 1 aromatic rings. The number of esters is 1. The molecule has 0 saturated carbocycles. The monoisotopic (exact) mass is 335 g/mol. The lowest BCUT2D eigenvalue weighted by Crippen LogP contribution is -2.31. The van der Waals surface area contributed by atoms with Gasteiger partial charge in [-0.05, 0) is 55.5 Å². The molecular weight excluding hydrogens is 318 g/mol. The fourth-order valence-corrected chi connectivity index (χ4v) is 3.61. The van der Waals surface area contributed by atoms with Crippen LogP contribution in [0.15, 0.2) is 28.2 Å². The summed E-state index contributed by atoms with van der Waals surface area (Å²) in [5.74, 6) is -0.206. The highest BCUT2D eigenvalue weighted by Gasteiger charge is 2.28. The van der Waals surface area contributed by atoms with E-state index in [1.165, 1.54) is 25.6 Å². The van der Waals surface area contributed by atoms with E-state index in [9.17, 15) is 4.79 Å². The van der Waals surface area contributed by atoms with Crippen LogP contribution >= 0.6 is 15.9 Å². The molecule has 0 N–H and O–H groups in total. The zero-order chi connectivity index (χ0) is 14.1. The molecule has 4 heteroatoms. The fraction of sp³-hybridized carbons (Fsp3) is 0.438. The van der Waals surface area contributed by atoms with Gasteiger partial charge in [-0.3, -0.25) is 0 Å². The van der Waals surface area contributed by atoms with E-state index in [1.807, 2.05) is 6.08 Å². The molecule has 3 rings (SSSR count). The second kappa shape index (κ2) is 5.60. The summed E-state index contributed by atoms with van der Waals surface area (Å²) in [6, 6.07) is 6.85. The predicted octanol–water partition coefficient (Wildman–Crippen LogP) is 3.77. The molecule has 1 saturated heterocycles. The summed E-state index contributed by atoms with van der Waals surface area (Å²) in [6.07, 6.45) is 6.24. The minimum absolute atomic E-state index is 0.206. The Morgan fingerprint density at radius 1 is 1.40 bits per heavy atom. The molecule has 1 unspecified atom stereocenters. The molecular formula is C16H18BrNO2. The van der Waals surface area contributed by atoms with Crippen molar-refractivity contribution in [2.75, 3.05) is 18.6 Å². The standard InChI is InChI=1S/C16H18BrNO2/c1-20-16(19)11-4-6-14-3-2-8-18(14)15-7-5-13(17)10-12(15)9-11/h5,7,9-10,14H,2-4,6,8H2,1H3/b11-9+. The number of nitrogens with zero attached hydrogens (tertiary/aromatic N) is 1. The van der Waals surface area contributed by atoms with E-state index in [-0.39, 0.29) is 5.97 Å². The Bertz CT molecular complexity index is 568. The number of benzene rings is 1. The Hall–Kier alpha value is -1.29. The number of ether oxygens (including phenoxy) is 1. The van der Waals surface area contributed by atoms with Gasteiger partial charge in [-0.2, -0.15) is 0 Å².